The second-order valence-corrected chi connectivity index (χ2v) is 9.38. The Balaban J connectivity index is 1.43. The van der Waals surface area contributed by atoms with Gasteiger partial charge in [0.1, 0.15) is 6.61 Å². The molecule has 0 saturated heterocycles. The molecule has 0 saturated carbocycles. The highest BCUT2D eigenvalue weighted by molar-refractivity contribution is 7.99. The molecule has 5 rings (SSSR count). The van der Waals surface area contributed by atoms with Gasteiger partial charge >= 0.3 is 0 Å². The van der Waals surface area contributed by atoms with E-state index in [9.17, 15) is 0 Å². The molecule has 0 fully saturated rings. The molecule has 8 heteroatoms. The van der Waals surface area contributed by atoms with Gasteiger partial charge in [0.05, 0.1) is 7.11 Å². The molecule has 1 aromatic heterocycles. The summed E-state index contributed by atoms with van der Waals surface area (Å²) in [6.07, 6.45) is 1.71. The summed E-state index contributed by atoms with van der Waals surface area (Å²) in [5.41, 5.74) is 4.38. The molecule has 184 valence electrons. The fourth-order valence-electron chi connectivity index (χ4n) is 3.87. The molecule has 0 aliphatic carbocycles. The Labute approximate surface area is 215 Å². The van der Waals surface area contributed by atoms with Gasteiger partial charge in [-0.25, -0.2) is 0 Å². The molecular weight excluding hydrogens is 472 g/mol. The summed E-state index contributed by atoms with van der Waals surface area (Å²) in [7, 11) is 1.64. The molecule has 0 radical (unpaired) electrons. The van der Waals surface area contributed by atoms with E-state index in [2.05, 4.69) is 22.4 Å². The van der Waals surface area contributed by atoms with E-state index in [1.165, 1.54) is 0 Å². The molecule has 1 aliphatic heterocycles. The number of rotatable bonds is 9. The number of hydrogen-bond donors (Lipinski definition) is 1. The predicted molar refractivity (Wildman–Crippen MR) is 142 cm³/mol. The van der Waals surface area contributed by atoms with Crippen molar-refractivity contribution in [2.75, 3.05) is 18.2 Å². The molecular formula is C28H28N4O3S. The number of thioether (sulfide) groups is 1. The van der Waals surface area contributed by atoms with Crippen LogP contribution in [0.3, 0.4) is 0 Å². The van der Waals surface area contributed by atoms with Crippen molar-refractivity contribution in [3.63, 3.8) is 0 Å². The van der Waals surface area contributed by atoms with Crippen LogP contribution in [0.1, 0.15) is 37.1 Å². The molecule has 2 heterocycles. The summed E-state index contributed by atoms with van der Waals surface area (Å²) in [6, 6.07) is 23.8. The number of unbranched alkanes of at least 4 members (excludes halogenated alkanes) is 1. The first-order chi connectivity index (χ1) is 17.7. The van der Waals surface area contributed by atoms with E-state index in [1.807, 2.05) is 72.8 Å². The molecule has 7 nitrogen and oxygen atoms in total. The zero-order chi connectivity index (χ0) is 24.7. The summed E-state index contributed by atoms with van der Waals surface area (Å²) < 4.78 is 18.1. The minimum atomic E-state index is -0.505. The lowest BCUT2D eigenvalue weighted by atomic mass is 10.1. The van der Waals surface area contributed by atoms with Crippen LogP contribution in [-0.4, -0.2) is 28.0 Å². The number of nitrogens with one attached hydrogen (secondary N) is 1. The van der Waals surface area contributed by atoms with Gasteiger partial charge in [-0.3, -0.25) is 0 Å². The Bertz CT molecular complexity index is 1320. The Morgan fingerprint density at radius 1 is 0.972 bits per heavy atom. The number of hydrogen-bond acceptors (Lipinski definition) is 8. The first kappa shape index (κ1) is 23.9. The van der Waals surface area contributed by atoms with Crippen LogP contribution in [0.25, 0.3) is 11.3 Å². The van der Waals surface area contributed by atoms with Crippen LogP contribution in [0, 0.1) is 0 Å². The fourth-order valence-corrected chi connectivity index (χ4v) is 4.73. The van der Waals surface area contributed by atoms with Crippen LogP contribution in [0.5, 0.6) is 17.4 Å². The van der Waals surface area contributed by atoms with E-state index in [4.69, 9.17) is 19.2 Å². The maximum Gasteiger partial charge on any atom is 0.247 e. The molecule has 0 amide bonds. The largest absolute Gasteiger partial charge is 0.493 e. The van der Waals surface area contributed by atoms with Gasteiger partial charge < -0.3 is 19.5 Å². The summed E-state index contributed by atoms with van der Waals surface area (Å²) in [5, 5.41) is 12.9. The number of methoxy groups -OCH3 is 1. The number of nitrogens with zero attached hydrogens (tertiary/aromatic N) is 3. The van der Waals surface area contributed by atoms with Crippen LogP contribution in [0.2, 0.25) is 0 Å². The van der Waals surface area contributed by atoms with Crippen molar-refractivity contribution in [2.45, 2.75) is 37.8 Å². The van der Waals surface area contributed by atoms with Gasteiger partial charge in [-0.15, -0.1) is 10.2 Å². The molecule has 4 aromatic rings. The average molecular weight is 501 g/mol. The molecule has 1 unspecified atom stereocenters. The van der Waals surface area contributed by atoms with Gasteiger partial charge in [-0.1, -0.05) is 73.6 Å². The Morgan fingerprint density at radius 2 is 1.81 bits per heavy atom. The third kappa shape index (κ3) is 5.39. The van der Waals surface area contributed by atoms with Crippen LogP contribution in [-0.2, 0) is 6.61 Å². The van der Waals surface area contributed by atoms with E-state index in [1.54, 1.807) is 18.9 Å². The van der Waals surface area contributed by atoms with Crippen LogP contribution in [0.15, 0.2) is 78.0 Å². The number of benzene rings is 3. The van der Waals surface area contributed by atoms with Crippen LogP contribution >= 0.6 is 11.8 Å². The Hall–Kier alpha value is -3.78. The molecule has 1 aliphatic rings. The highest BCUT2D eigenvalue weighted by Crippen LogP contribution is 2.41. The zero-order valence-electron chi connectivity index (χ0n) is 20.3. The predicted octanol–water partition coefficient (Wildman–Crippen LogP) is 6.52. The van der Waals surface area contributed by atoms with Crippen molar-refractivity contribution < 1.29 is 14.2 Å². The maximum absolute atomic E-state index is 6.41. The van der Waals surface area contributed by atoms with Crippen LogP contribution < -0.4 is 19.5 Å². The van der Waals surface area contributed by atoms with E-state index in [-0.39, 0.29) is 0 Å². The average Bonchev–Trinajstić information content (AvgIpc) is 3.09. The van der Waals surface area contributed by atoms with E-state index in [0.29, 0.717) is 34.8 Å². The summed E-state index contributed by atoms with van der Waals surface area (Å²) >= 11 is 1.59. The molecule has 1 atom stereocenters. The number of para-hydroxylation sites is 1. The summed E-state index contributed by atoms with van der Waals surface area (Å²) in [4.78, 5) is 4.71. The minimum Gasteiger partial charge on any atom is -0.493 e. The van der Waals surface area contributed by atoms with Crippen molar-refractivity contribution in [1.82, 2.24) is 15.2 Å². The second kappa shape index (κ2) is 11.3. The van der Waals surface area contributed by atoms with Crippen molar-refractivity contribution in [3.8, 4) is 28.6 Å². The van der Waals surface area contributed by atoms with Gasteiger partial charge in [0.2, 0.25) is 11.0 Å². The van der Waals surface area contributed by atoms with Gasteiger partial charge in [-0.05, 0) is 36.2 Å². The molecule has 0 bridgehead atoms. The lowest BCUT2D eigenvalue weighted by Crippen LogP contribution is -2.17. The lowest BCUT2D eigenvalue weighted by Gasteiger charge is -2.21. The highest BCUT2D eigenvalue weighted by atomic mass is 32.2. The quantitative estimate of drug-likeness (QED) is 0.206. The highest BCUT2D eigenvalue weighted by Gasteiger charge is 2.26. The van der Waals surface area contributed by atoms with Crippen molar-refractivity contribution in [2.24, 2.45) is 0 Å². The number of fused-ring (bicyclic) bond motifs is 3. The Morgan fingerprint density at radius 3 is 2.64 bits per heavy atom. The van der Waals surface area contributed by atoms with Gasteiger partial charge in [0.25, 0.3) is 0 Å². The van der Waals surface area contributed by atoms with Crippen molar-refractivity contribution >= 4 is 17.4 Å². The smallest absolute Gasteiger partial charge is 0.247 e. The monoisotopic (exact) mass is 500 g/mol. The third-order valence-corrected chi connectivity index (χ3v) is 6.71. The SMILES string of the molecule is CCCCSc1nnc2c(n1)OC(c1ccc(OCc3ccccc3)c(OC)c1)Nc1ccccc1-2. The second-order valence-electron chi connectivity index (χ2n) is 8.32. The maximum atomic E-state index is 6.41. The minimum absolute atomic E-state index is 0.454. The van der Waals surface area contributed by atoms with E-state index < -0.39 is 6.23 Å². The van der Waals surface area contributed by atoms with E-state index in [0.717, 1.165) is 41.0 Å². The normalized spacial score (nSPS) is 14.0. The number of ether oxygens (including phenoxy) is 3. The summed E-state index contributed by atoms with van der Waals surface area (Å²) in [6.45, 7) is 2.62. The number of anilines is 1. The zero-order valence-corrected chi connectivity index (χ0v) is 21.1. The van der Waals surface area contributed by atoms with Gasteiger partial charge in [0, 0.05) is 22.6 Å². The molecule has 1 N–H and O–H groups in total. The standard InChI is InChI=1S/C28H28N4O3S/c1-3-4-16-36-28-30-27-25(31-32-28)21-12-8-9-13-22(21)29-26(35-27)20-14-15-23(24(17-20)33-2)34-18-19-10-6-5-7-11-19/h5-15,17,26,29H,3-4,16,18H2,1-2H3. The molecule has 36 heavy (non-hydrogen) atoms. The van der Waals surface area contributed by atoms with Gasteiger partial charge in [0.15, 0.2) is 23.4 Å². The third-order valence-electron chi connectivity index (χ3n) is 5.79. The molecule has 0 spiro atoms. The lowest BCUT2D eigenvalue weighted by molar-refractivity contribution is 0.224. The molecule has 3 aromatic carbocycles. The van der Waals surface area contributed by atoms with E-state index >= 15 is 0 Å². The summed E-state index contributed by atoms with van der Waals surface area (Å²) in [5.74, 6) is 2.69. The van der Waals surface area contributed by atoms with Gasteiger partial charge in [-0.2, -0.15) is 4.98 Å². The Kier molecular flexibility index (Phi) is 7.52. The first-order valence-corrected chi connectivity index (χ1v) is 13.0. The van der Waals surface area contributed by atoms with Crippen molar-refractivity contribution in [3.05, 3.63) is 83.9 Å². The first-order valence-electron chi connectivity index (χ1n) is 12.0. The number of aromatic nitrogens is 3. The fraction of sp³-hybridized carbons (Fsp3) is 0.250. The van der Waals surface area contributed by atoms with Crippen LogP contribution in [0.4, 0.5) is 5.69 Å². The van der Waals surface area contributed by atoms with Crippen molar-refractivity contribution in [1.29, 1.82) is 0 Å². The topological polar surface area (TPSA) is 78.4 Å².